The van der Waals surface area contributed by atoms with Gasteiger partial charge in [-0.15, -0.1) is 0 Å². The van der Waals surface area contributed by atoms with Crippen LogP contribution in [0.5, 0.6) is 0 Å². The lowest BCUT2D eigenvalue weighted by molar-refractivity contribution is -0.125. The highest BCUT2D eigenvalue weighted by molar-refractivity contribution is 7.89. The molecule has 1 saturated heterocycles. The fraction of sp³-hybridized carbons (Fsp3) is 0.619. The van der Waals surface area contributed by atoms with E-state index in [4.69, 9.17) is 0 Å². The lowest BCUT2D eigenvalue weighted by Gasteiger charge is -2.33. The van der Waals surface area contributed by atoms with Crippen LogP contribution in [0.2, 0.25) is 0 Å². The van der Waals surface area contributed by atoms with Crippen LogP contribution in [0.25, 0.3) is 0 Å². The number of hydrogen-bond acceptors (Lipinski definition) is 4. The molecule has 0 aliphatic carbocycles. The lowest BCUT2D eigenvalue weighted by atomic mass is 10.0. The average Bonchev–Trinajstić information content (AvgIpc) is 2.65. The Bertz CT molecular complexity index is 808. The Morgan fingerprint density at radius 3 is 2.69 bits per heavy atom. The van der Waals surface area contributed by atoms with E-state index in [0.29, 0.717) is 31.5 Å². The standard InChI is InChI=1S/C21H33N3O4S/c1-4-12-29(27,28)24-11-6-5-10-19(24)21(26)22-15-17-8-7-9-18(14-17)23-20(25)13-16(2)3/h7-9,14,16,19H,4-6,10-13,15H2,1-3H3,(H,22,26)(H,23,25). The lowest BCUT2D eigenvalue weighted by Crippen LogP contribution is -2.52. The molecule has 1 unspecified atom stereocenters. The molecular formula is C21H33N3O4S. The van der Waals surface area contributed by atoms with Crippen molar-refractivity contribution in [3.63, 3.8) is 0 Å². The number of amides is 2. The molecule has 1 aliphatic heterocycles. The van der Waals surface area contributed by atoms with Crippen molar-refractivity contribution in [2.24, 2.45) is 5.92 Å². The van der Waals surface area contributed by atoms with Gasteiger partial charge >= 0.3 is 0 Å². The zero-order valence-corrected chi connectivity index (χ0v) is 18.4. The van der Waals surface area contributed by atoms with Crippen LogP contribution in [0, 0.1) is 5.92 Å². The minimum absolute atomic E-state index is 0.0415. The normalized spacial score (nSPS) is 17.9. The highest BCUT2D eigenvalue weighted by atomic mass is 32.2. The molecule has 2 rings (SSSR count). The molecule has 29 heavy (non-hydrogen) atoms. The van der Waals surface area contributed by atoms with E-state index in [1.165, 1.54) is 4.31 Å². The maximum atomic E-state index is 12.7. The van der Waals surface area contributed by atoms with Crippen LogP contribution in [-0.2, 0) is 26.2 Å². The molecule has 1 aromatic carbocycles. The topological polar surface area (TPSA) is 95.6 Å². The van der Waals surface area contributed by atoms with Crippen LogP contribution < -0.4 is 10.6 Å². The molecule has 0 saturated carbocycles. The Hall–Kier alpha value is -1.93. The summed E-state index contributed by atoms with van der Waals surface area (Å²) < 4.78 is 26.4. The molecule has 1 atom stereocenters. The zero-order chi connectivity index (χ0) is 21.4. The van der Waals surface area contributed by atoms with E-state index in [1.807, 2.05) is 45.0 Å². The molecule has 0 radical (unpaired) electrons. The van der Waals surface area contributed by atoms with Crippen molar-refractivity contribution >= 4 is 27.5 Å². The fourth-order valence-corrected chi connectivity index (χ4v) is 5.27. The van der Waals surface area contributed by atoms with Crippen molar-refractivity contribution in [1.82, 2.24) is 9.62 Å². The summed E-state index contributed by atoms with van der Waals surface area (Å²) in [6.07, 6.45) is 3.14. The van der Waals surface area contributed by atoms with Crippen molar-refractivity contribution < 1.29 is 18.0 Å². The number of rotatable bonds is 9. The number of carbonyl (C=O) groups is 2. The first-order chi connectivity index (χ1) is 13.7. The van der Waals surface area contributed by atoms with E-state index in [2.05, 4.69) is 10.6 Å². The summed E-state index contributed by atoms with van der Waals surface area (Å²) in [6.45, 7) is 6.48. The van der Waals surface area contributed by atoms with Gasteiger partial charge in [-0.3, -0.25) is 9.59 Å². The zero-order valence-electron chi connectivity index (χ0n) is 17.6. The van der Waals surface area contributed by atoms with Gasteiger partial charge in [-0.2, -0.15) is 4.31 Å². The van der Waals surface area contributed by atoms with Gasteiger partial charge in [0.15, 0.2) is 0 Å². The molecule has 1 fully saturated rings. The molecule has 2 N–H and O–H groups in total. The molecule has 0 aromatic heterocycles. The van der Waals surface area contributed by atoms with Gasteiger partial charge in [0.2, 0.25) is 21.8 Å². The number of piperidine rings is 1. The molecule has 1 aromatic rings. The highest BCUT2D eigenvalue weighted by Gasteiger charge is 2.35. The Morgan fingerprint density at radius 1 is 1.24 bits per heavy atom. The average molecular weight is 424 g/mol. The summed E-state index contributed by atoms with van der Waals surface area (Å²) >= 11 is 0. The van der Waals surface area contributed by atoms with E-state index in [9.17, 15) is 18.0 Å². The fourth-order valence-electron chi connectivity index (χ4n) is 3.52. The third-order valence-electron chi connectivity index (χ3n) is 4.85. The Balaban J connectivity index is 1.99. The van der Waals surface area contributed by atoms with Crippen molar-refractivity contribution in [2.75, 3.05) is 17.6 Å². The molecule has 0 bridgehead atoms. The van der Waals surface area contributed by atoms with Gasteiger partial charge < -0.3 is 10.6 Å². The molecule has 1 heterocycles. The van der Waals surface area contributed by atoms with Gasteiger partial charge in [0.25, 0.3) is 0 Å². The summed E-state index contributed by atoms with van der Waals surface area (Å²) in [6, 6.07) is 6.68. The van der Waals surface area contributed by atoms with Crippen molar-refractivity contribution in [2.45, 2.75) is 65.5 Å². The third-order valence-corrected chi connectivity index (χ3v) is 6.92. The minimum atomic E-state index is -3.42. The van der Waals surface area contributed by atoms with Crippen LogP contribution in [0.1, 0.15) is 58.4 Å². The summed E-state index contributed by atoms with van der Waals surface area (Å²) in [5.74, 6) is 0.0354. The van der Waals surface area contributed by atoms with Crippen LogP contribution in [0.3, 0.4) is 0 Å². The second kappa shape index (κ2) is 10.7. The molecule has 1 aliphatic rings. The first-order valence-electron chi connectivity index (χ1n) is 10.4. The van der Waals surface area contributed by atoms with Crippen molar-refractivity contribution in [3.8, 4) is 0 Å². The molecule has 2 amide bonds. The molecule has 0 spiro atoms. The first-order valence-corrected chi connectivity index (χ1v) is 12.0. The maximum Gasteiger partial charge on any atom is 0.238 e. The molecule has 8 heteroatoms. The number of carbonyl (C=O) groups excluding carboxylic acids is 2. The smallest absolute Gasteiger partial charge is 0.238 e. The van der Waals surface area contributed by atoms with E-state index in [0.717, 1.165) is 18.4 Å². The van der Waals surface area contributed by atoms with Crippen LogP contribution in [-0.4, -0.2) is 42.9 Å². The van der Waals surface area contributed by atoms with E-state index in [1.54, 1.807) is 0 Å². The number of nitrogens with zero attached hydrogens (tertiary/aromatic N) is 1. The van der Waals surface area contributed by atoms with E-state index < -0.39 is 16.1 Å². The van der Waals surface area contributed by atoms with Gasteiger partial charge in [0.1, 0.15) is 6.04 Å². The van der Waals surface area contributed by atoms with Crippen molar-refractivity contribution in [3.05, 3.63) is 29.8 Å². The number of sulfonamides is 1. The quantitative estimate of drug-likeness (QED) is 0.638. The Kier molecular flexibility index (Phi) is 8.64. The minimum Gasteiger partial charge on any atom is -0.351 e. The largest absolute Gasteiger partial charge is 0.351 e. The number of anilines is 1. The summed E-state index contributed by atoms with van der Waals surface area (Å²) in [5, 5.41) is 5.73. The summed E-state index contributed by atoms with van der Waals surface area (Å²) in [4.78, 5) is 24.7. The summed E-state index contributed by atoms with van der Waals surface area (Å²) in [7, 11) is -3.42. The number of benzene rings is 1. The second-order valence-corrected chi connectivity index (χ2v) is 10.0. The monoisotopic (exact) mass is 423 g/mol. The molecule has 7 nitrogen and oxygen atoms in total. The predicted molar refractivity (Wildman–Crippen MR) is 115 cm³/mol. The SMILES string of the molecule is CCCS(=O)(=O)N1CCCCC1C(=O)NCc1cccc(NC(=O)CC(C)C)c1. The van der Waals surface area contributed by atoms with Gasteiger partial charge in [-0.05, 0) is 42.9 Å². The number of hydrogen-bond donors (Lipinski definition) is 2. The number of nitrogens with one attached hydrogen (secondary N) is 2. The van der Waals surface area contributed by atoms with Crippen LogP contribution in [0.15, 0.2) is 24.3 Å². The molecular weight excluding hydrogens is 390 g/mol. The third kappa shape index (κ3) is 7.12. The maximum absolute atomic E-state index is 12.7. The van der Waals surface area contributed by atoms with Crippen LogP contribution >= 0.6 is 0 Å². The second-order valence-electron chi connectivity index (χ2n) is 8.00. The first kappa shape index (κ1) is 23.3. The van der Waals surface area contributed by atoms with E-state index >= 15 is 0 Å². The predicted octanol–water partition coefficient (Wildman–Crippen LogP) is 2.88. The van der Waals surface area contributed by atoms with Crippen LogP contribution in [0.4, 0.5) is 5.69 Å². The van der Waals surface area contributed by atoms with E-state index in [-0.39, 0.29) is 30.0 Å². The highest BCUT2D eigenvalue weighted by Crippen LogP contribution is 2.22. The Labute approximate surface area is 174 Å². The van der Waals surface area contributed by atoms with Gasteiger partial charge in [0.05, 0.1) is 5.75 Å². The van der Waals surface area contributed by atoms with Gasteiger partial charge in [-0.25, -0.2) is 8.42 Å². The van der Waals surface area contributed by atoms with Crippen molar-refractivity contribution in [1.29, 1.82) is 0 Å². The van der Waals surface area contributed by atoms with Gasteiger partial charge in [0, 0.05) is 25.2 Å². The Morgan fingerprint density at radius 2 is 2.00 bits per heavy atom. The summed E-state index contributed by atoms with van der Waals surface area (Å²) in [5.41, 5.74) is 1.53. The molecule has 162 valence electrons. The van der Waals surface area contributed by atoms with Gasteiger partial charge in [-0.1, -0.05) is 39.3 Å².